The first-order chi connectivity index (χ1) is 14.8. The van der Waals surface area contributed by atoms with Gasteiger partial charge in [-0.3, -0.25) is 9.30 Å². The summed E-state index contributed by atoms with van der Waals surface area (Å²) in [6.07, 6.45) is 3.72. The number of ether oxygens (including phenoxy) is 1. The molecule has 1 aromatic carbocycles. The monoisotopic (exact) mass is 424 g/mol. The first-order valence-corrected chi connectivity index (χ1v) is 10.7. The van der Waals surface area contributed by atoms with E-state index in [2.05, 4.69) is 15.2 Å². The van der Waals surface area contributed by atoms with Gasteiger partial charge in [-0.15, -0.1) is 11.3 Å². The molecule has 4 aromatic rings. The minimum Gasteiger partial charge on any atom is -0.379 e. The van der Waals surface area contributed by atoms with Gasteiger partial charge in [-0.05, 0) is 30.3 Å². The molecule has 0 unspecified atom stereocenters. The standard InChI is InChI=1S/C21H21FN6OS/c22-16-3-1-15(2-4-16)18-19(28-11-14-30-21(28)26-18)17-5-6-23-20(25-17)24-7-8-27-9-12-29-13-10-27/h1-6,11,14H,7-10,12-13H2,(H,23,24,25). The fraction of sp³-hybridized carbons (Fsp3) is 0.286. The Balaban J connectivity index is 1.42. The first kappa shape index (κ1) is 19.1. The molecule has 3 aromatic heterocycles. The maximum absolute atomic E-state index is 13.4. The zero-order valence-corrected chi connectivity index (χ0v) is 17.1. The van der Waals surface area contributed by atoms with Gasteiger partial charge in [0.1, 0.15) is 11.5 Å². The third-order valence-corrected chi connectivity index (χ3v) is 5.85. The highest BCUT2D eigenvalue weighted by Crippen LogP contribution is 2.33. The van der Waals surface area contributed by atoms with Crippen molar-refractivity contribution < 1.29 is 9.13 Å². The number of hydrogen-bond acceptors (Lipinski definition) is 7. The van der Waals surface area contributed by atoms with E-state index in [-0.39, 0.29) is 5.82 Å². The van der Waals surface area contributed by atoms with Crippen LogP contribution in [0.2, 0.25) is 0 Å². The van der Waals surface area contributed by atoms with Gasteiger partial charge in [-0.25, -0.2) is 19.3 Å². The minimum absolute atomic E-state index is 0.268. The van der Waals surface area contributed by atoms with Crippen LogP contribution >= 0.6 is 11.3 Å². The normalized spacial score (nSPS) is 15.0. The Morgan fingerprint density at radius 1 is 1.10 bits per heavy atom. The van der Waals surface area contributed by atoms with E-state index >= 15 is 0 Å². The summed E-state index contributed by atoms with van der Waals surface area (Å²) in [4.78, 5) is 17.1. The van der Waals surface area contributed by atoms with Crippen molar-refractivity contribution in [1.82, 2.24) is 24.3 Å². The summed E-state index contributed by atoms with van der Waals surface area (Å²) in [5.74, 6) is 0.311. The van der Waals surface area contributed by atoms with E-state index in [4.69, 9.17) is 14.7 Å². The fourth-order valence-corrected chi connectivity index (χ4v) is 4.28. The number of thiazole rings is 1. The van der Waals surface area contributed by atoms with Crippen LogP contribution in [0, 0.1) is 5.82 Å². The molecule has 1 saturated heterocycles. The second-order valence-electron chi connectivity index (χ2n) is 7.02. The summed E-state index contributed by atoms with van der Waals surface area (Å²) in [5, 5.41) is 5.31. The second-order valence-corrected chi connectivity index (χ2v) is 7.89. The molecular weight excluding hydrogens is 403 g/mol. The minimum atomic E-state index is -0.268. The molecule has 0 spiro atoms. The second kappa shape index (κ2) is 8.47. The van der Waals surface area contributed by atoms with Crippen molar-refractivity contribution in [1.29, 1.82) is 0 Å². The summed E-state index contributed by atoms with van der Waals surface area (Å²) in [7, 11) is 0. The van der Waals surface area contributed by atoms with E-state index in [1.54, 1.807) is 29.7 Å². The van der Waals surface area contributed by atoms with Crippen molar-refractivity contribution >= 4 is 22.2 Å². The van der Waals surface area contributed by atoms with E-state index < -0.39 is 0 Å². The number of rotatable bonds is 6. The van der Waals surface area contributed by atoms with Crippen LogP contribution in [0.15, 0.2) is 48.1 Å². The third-order valence-electron chi connectivity index (χ3n) is 5.09. The highest BCUT2D eigenvalue weighted by Gasteiger charge is 2.18. The Hall–Kier alpha value is -2.88. The molecule has 0 atom stereocenters. The van der Waals surface area contributed by atoms with E-state index in [0.29, 0.717) is 5.95 Å². The van der Waals surface area contributed by atoms with Crippen molar-refractivity contribution in [2.45, 2.75) is 0 Å². The van der Waals surface area contributed by atoms with Gasteiger partial charge in [0.2, 0.25) is 5.95 Å². The summed E-state index contributed by atoms with van der Waals surface area (Å²) in [6, 6.07) is 8.26. The average Bonchev–Trinajstić information content (AvgIpc) is 3.37. The Morgan fingerprint density at radius 3 is 2.77 bits per heavy atom. The van der Waals surface area contributed by atoms with Crippen LogP contribution in [0.4, 0.5) is 10.3 Å². The molecule has 4 heterocycles. The molecule has 1 aliphatic rings. The molecule has 1 N–H and O–H groups in total. The highest BCUT2D eigenvalue weighted by atomic mass is 32.1. The van der Waals surface area contributed by atoms with Gasteiger partial charge in [0.05, 0.1) is 24.6 Å². The number of benzene rings is 1. The van der Waals surface area contributed by atoms with Crippen molar-refractivity contribution in [3.05, 3.63) is 53.9 Å². The number of morpholine rings is 1. The molecule has 7 nitrogen and oxygen atoms in total. The molecule has 0 aliphatic carbocycles. The lowest BCUT2D eigenvalue weighted by Crippen LogP contribution is -2.39. The van der Waals surface area contributed by atoms with Crippen LogP contribution in [0.3, 0.4) is 0 Å². The number of nitrogens with zero attached hydrogens (tertiary/aromatic N) is 5. The summed E-state index contributed by atoms with van der Waals surface area (Å²) >= 11 is 1.55. The molecule has 0 saturated carbocycles. The molecule has 0 radical (unpaired) electrons. The Kier molecular flexibility index (Phi) is 5.39. The lowest BCUT2D eigenvalue weighted by Gasteiger charge is -2.26. The fourth-order valence-electron chi connectivity index (χ4n) is 3.57. The molecule has 1 fully saturated rings. The molecular formula is C21H21FN6OS. The smallest absolute Gasteiger partial charge is 0.223 e. The number of aromatic nitrogens is 4. The van der Waals surface area contributed by atoms with Gasteiger partial charge in [0.25, 0.3) is 0 Å². The van der Waals surface area contributed by atoms with Crippen LogP contribution < -0.4 is 5.32 Å². The SMILES string of the molecule is Fc1ccc(-c2nc3sccn3c2-c2ccnc(NCCN3CCOCC3)n2)cc1. The predicted molar refractivity (Wildman–Crippen MR) is 115 cm³/mol. The van der Waals surface area contributed by atoms with Gasteiger partial charge in [0.15, 0.2) is 4.96 Å². The molecule has 9 heteroatoms. The average molecular weight is 425 g/mol. The Labute approximate surface area is 177 Å². The summed E-state index contributed by atoms with van der Waals surface area (Å²) < 4.78 is 20.8. The summed E-state index contributed by atoms with van der Waals surface area (Å²) in [6.45, 7) is 5.16. The van der Waals surface area contributed by atoms with E-state index in [1.165, 1.54) is 12.1 Å². The lowest BCUT2D eigenvalue weighted by molar-refractivity contribution is 0.0398. The van der Waals surface area contributed by atoms with Gasteiger partial charge >= 0.3 is 0 Å². The van der Waals surface area contributed by atoms with Gasteiger partial charge in [-0.2, -0.15) is 0 Å². The quantitative estimate of drug-likeness (QED) is 0.512. The molecule has 30 heavy (non-hydrogen) atoms. The van der Waals surface area contributed by atoms with Crippen molar-refractivity contribution in [2.75, 3.05) is 44.7 Å². The van der Waals surface area contributed by atoms with Crippen molar-refractivity contribution in [3.8, 4) is 22.6 Å². The molecule has 1 aliphatic heterocycles. The largest absolute Gasteiger partial charge is 0.379 e. The zero-order valence-electron chi connectivity index (χ0n) is 16.3. The van der Waals surface area contributed by atoms with Crippen LogP contribution in [0.1, 0.15) is 0 Å². The van der Waals surface area contributed by atoms with Gasteiger partial charge in [0, 0.05) is 49.5 Å². The number of anilines is 1. The zero-order chi connectivity index (χ0) is 20.3. The topological polar surface area (TPSA) is 67.6 Å². The maximum atomic E-state index is 13.4. The van der Waals surface area contributed by atoms with Crippen molar-refractivity contribution in [3.63, 3.8) is 0 Å². The van der Waals surface area contributed by atoms with Crippen LogP contribution in [-0.2, 0) is 4.74 Å². The molecule has 154 valence electrons. The van der Waals surface area contributed by atoms with E-state index in [0.717, 1.165) is 67.0 Å². The molecule has 0 amide bonds. The van der Waals surface area contributed by atoms with Crippen molar-refractivity contribution in [2.24, 2.45) is 0 Å². The third kappa shape index (κ3) is 3.91. The van der Waals surface area contributed by atoms with Crippen LogP contribution in [0.25, 0.3) is 27.6 Å². The maximum Gasteiger partial charge on any atom is 0.223 e. The first-order valence-electron chi connectivity index (χ1n) is 9.87. The predicted octanol–water partition coefficient (Wildman–Crippen LogP) is 3.40. The highest BCUT2D eigenvalue weighted by molar-refractivity contribution is 7.15. The number of halogens is 1. The van der Waals surface area contributed by atoms with Gasteiger partial charge < -0.3 is 10.1 Å². The number of nitrogens with one attached hydrogen (secondary N) is 1. The Bertz CT molecular complexity index is 1140. The van der Waals surface area contributed by atoms with E-state index in [1.807, 2.05) is 22.0 Å². The lowest BCUT2D eigenvalue weighted by atomic mass is 10.1. The summed E-state index contributed by atoms with van der Waals surface area (Å²) in [5.41, 5.74) is 3.27. The number of imidazole rings is 1. The van der Waals surface area contributed by atoms with Crippen LogP contribution in [-0.4, -0.2) is 63.6 Å². The molecule has 5 rings (SSSR count). The molecule has 0 bridgehead atoms. The number of hydrogen-bond donors (Lipinski definition) is 1. The Morgan fingerprint density at radius 2 is 1.93 bits per heavy atom. The van der Waals surface area contributed by atoms with Crippen LogP contribution in [0.5, 0.6) is 0 Å². The number of fused-ring (bicyclic) bond motifs is 1. The van der Waals surface area contributed by atoms with E-state index in [9.17, 15) is 4.39 Å². The van der Waals surface area contributed by atoms with Gasteiger partial charge in [-0.1, -0.05) is 0 Å².